The highest BCUT2D eigenvalue weighted by Gasteiger charge is 2.63. The summed E-state index contributed by atoms with van der Waals surface area (Å²) in [6.07, 6.45) is 4.53. The molecule has 4 aliphatic rings. The quantitative estimate of drug-likeness (QED) is 0.694. The van der Waals surface area contributed by atoms with Crippen LogP contribution in [-0.2, 0) is 9.59 Å². The van der Waals surface area contributed by atoms with Gasteiger partial charge in [-0.15, -0.1) is 0 Å². The summed E-state index contributed by atoms with van der Waals surface area (Å²) in [5, 5.41) is 30.7. The van der Waals surface area contributed by atoms with Gasteiger partial charge in [0.15, 0.2) is 11.6 Å². The first-order valence-electron chi connectivity index (χ1n) is 9.97. The van der Waals surface area contributed by atoms with E-state index in [1.54, 1.807) is 6.08 Å². The summed E-state index contributed by atoms with van der Waals surface area (Å²) in [5.74, 6) is 0.192. The lowest BCUT2D eigenvalue weighted by atomic mass is 9.45. The standard InChI is InChI=1S/C21H30O5/c1-20-8-16(24)15(23)7-11(20)3-4-12-13-5-6-14(18(26)10-22)21(13,2)9-17(25)19(12)20/h7,12-14,16-17,19,22,24-25H,3-6,8-10H2,1-2H3/t12-,13-,14+,16?,17-,19+,20-,21-/m0/s1. The van der Waals surface area contributed by atoms with Gasteiger partial charge in [-0.05, 0) is 73.2 Å². The fourth-order valence-electron chi connectivity index (χ4n) is 7.39. The minimum atomic E-state index is -0.977. The first-order valence-corrected chi connectivity index (χ1v) is 9.97. The summed E-state index contributed by atoms with van der Waals surface area (Å²) in [7, 11) is 0. The maximum Gasteiger partial charge on any atom is 0.184 e. The van der Waals surface area contributed by atoms with E-state index in [2.05, 4.69) is 13.8 Å². The molecule has 0 amide bonds. The number of fused-ring (bicyclic) bond motifs is 5. The van der Waals surface area contributed by atoms with Crippen LogP contribution in [0.4, 0.5) is 0 Å². The molecule has 5 heteroatoms. The van der Waals surface area contributed by atoms with Crippen LogP contribution < -0.4 is 0 Å². The van der Waals surface area contributed by atoms with Crippen molar-refractivity contribution in [2.24, 2.45) is 34.5 Å². The van der Waals surface area contributed by atoms with Gasteiger partial charge in [0.05, 0.1) is 6.10 Å². The van der Waals surface area contributed by atoms with E-state index < -0.39 is 18.8 Å². The van der Waals surface area contributed by atoms with E-state index >= 15 is 0 Å². The highest BCUT2D eigenvalue weighted by molar-refractivity contribution is 5.95. The molecule has 8 atom stereocenters. The molecule has 1 unspecified atom stereocenters. The SMILES string of the molecule is C[C@]12C[C@H](O)[C@H]3[C@@H](CCC4=CC(=O)C(O)C[C@@]43C)[C@@H]1CC[C@@H]2C(=O)CO. The number of hydrogen-bond acceptors (Lipinski definition) is 5. The molecule has 0 aliphatic heterocycles. The Bertz CT molecular complexity index is 669. The summed E-state index contributed by atoms with van der Waals surface area (Å²) >= 11 is 0. The van der Waals surface area contributed by atoms with Crippen molar-refractivity contribution in [3.63, 3.8) is 0 Å². The molecule has 0 radical (unpaired) electrons. The number of allylic oxidation sites excluding steroid dienone is 1. The first-order chi connectivity index (χ1) is 12.2. The normalized spacial score (nSPS) is 50.5. The third-order valence-electron chi connectivity index (χ3n) is 8.47. The molecule has 0 heterocycles. The van der Waals surface area contributed by atoms with Gasteiger partial charge in [0.25, 0.3) is 0 Å². The van der Waals surface area contributed by atoms with Gasteiger partial charge >= 0.3 is 0 Å². The number of Topliss-reactive ketones (excluding diaryl/α,β-unsaturated/α-hetero) is 1. The second kappa shape index (κ2) is 5.98. The Kier molecular flexibility index (Phi) is 4.22. The van der Waals surface area contributed by atoms with Crippen LogP contribution in [0.5, 0.6) is 0 Å². The van der Waals surface area contributed by atoms with Crippen LogP contribution in [-0.4, -0.2) is 45.7 Å². The lowest BCUT2D eigenvalue weighted by Crippen LogP contribution is -2.58. The molecule has 0 aromatic heterocycles. The van der Waals surface area contributed by atoms with Gasteiger partial charge in [-0.3, -0.25) is 9.59 Å². The van der Waals surface area contributed by atoms with Crippen molar-refractivity contribution in [2.45, 2.75) is 64.6 Å². The highest BCUT2D eigenvalue weighted by atomic mass is 16.3. The average Bonchev–Trinajstić information content (AvgIpc) is 2.91. The fourth-order valence-corrected chi connectivity index (χ4v) is 7.39. The van der Waals surface area contributed by atoms with E-state index in [4.69, 9.17) is 0 Å². The van der Waals surface area contributed by atoms with E-state index in [1.807, 2.05) is 0 Å². The van der Waals surface area contributed by atoms with Crippen molar-refractivity contribution in [2.75, 3.05) is 6.61 Å². The number of aliphatic hydroxyl groups excluding tert-OH is 3. The van der Waals surface area contributed by atoms with E-state index in [0.29, 0.717) is 24.7 Å². The zero-order chi connectivity index (χ0) is 18.9. The molecule has 4 aliphatic carbocycles. The summed E-state index contributed by atoms with van der Waals surface area (Å²) in [5.41, 5.74) is 0.467. The second-order valence-electron chi connectivity index (χ2n) is 9.58. The van der Waals surface area contributed by atoms with E-state index in [1.165, 1.54) is 0 Å². The minimum Gasteiger partial charge on any atom is -0.393 e. The number of aliphatic hydroxyl groups is 3. The van der Waals surface area contributed by atoms with Crippen molar-refractivity contribution >= 4 is 11.6 Å². The predicted molar refractivity (Wildman–Crippen MR) is 95.1 cm³/mol. The molecule has 0 aromatic carbocycles. The van der Waals surface area contributed by atoms with Crippen molar-refractivity contribution in [3.8, 4) is 0 Å². The predicted octanol–water partition coefficient (Wildman–Crippen LogP) is 1.64. The zero-order valence-electron chi connectivity index (χ0n) is 15.6. The molecule has 3 fully saturated rings. The third kappa shape index (κ3) is 2.33. The number of ketones is 2. The van der Waals surface area contributed by atoms with Gasteiger partial charge in [0.2, 0.25) is 0 Å². The van der Waals surface area contributed by atoms with Crippen molar-refractivity contribution in [1.29, 1.82) is 0 Å². The molecule has 3 N–H and O–H groups in total. The Balaban J connectivity index is 1.71. The number of carbonyl (C=O) groups excluding carboxylic acids is 2. The molecule has 5 nitrogen and oxygen atoms in total. The van der Waals surface area contributed by atoms with Crippen LogP contribution in [0.2, 0.25) is 0 Å². The Hall–Kier alpha value is -1.04. The third-order valence-corrected chi connectivity index (χ3v) is 8.47. The van der Waals surface area contributed by atoms with Crippen LogP contribution >= 0.6 is 0 Å². The molecule has 3 saturated carbocycles. The molecule has 0 bridgehead atoms. The molecular formula is C21H30O5. The summed E-state index contributed by atoms with van der Waals surface area (Å²) in [4.78, 5) is 24.3. The number of carbonyl (C=O) groups is 2. The highest BCUT2D eigenvalue weighted by Crippen LogP contribution is 2.66. The summed E-state index contributed by atoms with van der Waals surface area (Å²) in [6.45, 7) is 3.80. The smallest absolute Gasteiger partial charge is 0.184 e. The van der Waals surface area contributed by atoms with E-state index in [0.717, 1.165) is 31.3 Å². The molecule has 4 rings (SSSR count). The minimum absolute atomic E-state index is 0.0197. The lowest BCUT2D eigenvalue weighted by Gasteiger charge is -2.60. The second-order valence-corrected chi connectivity index (χ2v) is 9.58. The number of hydrogen-bond donors (Lipinski definition) is 3. The number of rotatable bonds is 2. The Morgan fingerprint density at radius 1 is 1.19 bits per heavy atom. The van der Waals surface area contributed by atoms with Crippen LogP contribution in [0.25, 0.3) is 0 Å². The van der Waals surface area contributed by atoms with E-state index in [-0.39, 0.29) is 34.2 Å². The Morgan fingerprint density at radius 2 is 1.92 bits per heavy atom. The maximum atomic E-state index is 12.3. The molecular weight excluding hydrogens is 332 g/mol. The van der Waals surface area contributed by atoms with Crippen LogP contribution in [0.3, 0.4) is 0 Å². The van der Waals surface area contributed by atoms with Gasteiger partial charge in [0, 0.05) is 5.92 Å². The molecule has 0 saturated heterocycles. The van der Waals surface area contributed by atoms with E-state index in [9.17, 15) is 24.9 Å². The Morgan fingerprint density at radius 3 is 2.62 bits per heavy atom. The van der Waals surface area contributed by atoms with Crippen LogP contribution in [0, 0.1) is 34.5 Å². The first kappa shape index (κ1) is 18.3. The molecule has 0 aromatic rings. The van der Waals surface area contributed by atoms with Crippen LogP contribution in [0.1, 0.15) is 52.4 Å². The van der Waals surface area contributed by atoms with Crippen molar-refractivity contribution in [3.05, 3.63) is 11.6 Å². The summed E-state index contributed by atoms with van der Waals surface area (Å²) in [6, 6.07) is 0. The fraction of sp³-hybridized carbons (Fsp3) is 0.810. The monoisotopic (exact) mass is 362 g/mol. The summed E-state index contributed by atoms with van der Waals surface area (Å²) < 4.78 is 0. The van der Waals surface area contributed by atoms with Gasteiger partial charge in [-0.25, -0.2) is 0 Å². The molecule has 26 heavy (non-hydrogen) atoms. The zero-order valence-corrected chi connectivity index (χ0v) is 15.6. The average molecular weight is 362 g/mol. The maximum absolute atomic E-state index is 12.3. The largest absolute Gasteiger partial charge is 0.393 e. The van der Waals surface area contributed by atoms with Gasteiger partial charge in [-0.1, -0.05) is 19.4 Å². The van der Waals surface area contributed by atoms with Crippen molar-refractivity contribution in [1.82, 2.24) is 0 Å². The van der Waals surface area contributed by atoms with Gasteiger partial charge in [-0.2, -0.15) is 0 Å². The van der Waals surface area contributed by atoms with Crippen molar-refractivity contribution < 1.29 is 24.9 Å². The van der Waals surface area contributed by atoms with Gasteiger partial charge < -0.3 is 15.3 Å². The lowest BCUT2D eigenvalue weighted by molar-refractivity contribution is -0.151. The molecule has 144 valence electrons. The topological polar surface area (TPSA) is 94.8 Å². The van der Waals surface area contributed by atoms with Gasteiger partial charge in [0.1, 0.15) is 12.7 Å². The Labute approximate surface area is 154 Å². The van der Waals surface area contributed by atoms with Crippen LogP contribution in [0.15, 0.2) is 11.6 Å². The molecule has 0 spiro atoms.